The highest BCUT2D eigenvalue weighted by Crippen LogP contribution is 2.48. The van der Waals surface area contributed by atoms with Gasteiger partial charge in [-0.15, -0.1) is 8.42 Å². The van der Waals surface area contributed by atoms with Crippen LogP contribution in [-0.4, -0.2) is 38.6 Å². The fourth-order valence-corrected chi connectivity index (χ4v) is 9.81. The molecule has 0 amide bonds. The van der Waals surface area contributed by atoms with Crippen LogP contribution in [-0.2, 0) is 36.2 Å². The highest BCUT2D eigenvalue weighted by Gasteiger charge is 2.44. The highest BCUT2D eigenvalue weighted by molar-refractivity contribution is 7.82. The van der Waals surface area contributed by atoms with Gasteiger partial charge >= 0.3 is 10.4 Å². The molecule has 10 nitrogen and oxygen atoms in total. The summed E-state index contributed by atoms with van der Waals surface area (Å²) >= 11 is 0. The summed E-state index contributed by atoms with van der Waals surface area (Å²) in [5, 5.41) is 21.7. The Morgan fingerprint density at radius 1 is 0.533 bits per heavy atom. The van der Waals surface area contributed by atoms with Crippen LogP contribution < -0.4 is 4.18 Å². The number of rotatable bonds is 3. The van der Waals surface area contributed by atoms with Crippen LogP contribution in [0.1, 0.15) is 96.9 Å². The van der Waals surface area contributed by atoms with E-state index in [1.165, 1.54) is 0 Å². The van der Waals surface area contributed by atoms with E-state index in [0.717, 1.165) is 62.2 Å². The van der Waals surface area contributed by atoms with Crippen LogP contribution in [0.2, 0.25) is 0 Å². The number of H-pyrrole nitrogens is 4. The molecule has 9 rings (SSSR count). The van der Waals surface area contributed by atoms with Crippen LogP contribution >= 0.6 is 0 Å². The number of hydrogen-bond acceptors (Lipinski definition) is 6. The summed E-state index contributed by atoms with van der Waals surface area (Å²) in [5.41, 5.74) is 5.76. The van der Waals surface area contributed by atoms with Crippen LogP contribution in [0, 0.1) is 0 Å². The molecular weight excluding hydrogens is 773 g/mol. The molecule has 0 aliphatic carbocycles. The van der Waals surface area contributed by atoms with Gasteiger partial charge in [0, 0.05) is 45.6 Å². The summed E-state index contributed by atoms with van der Waals surface area (Å²) in [6.45, 7) is 14.7. The van der Waals surface area contributed by atoms with Crippen molar-refractivity contribution < 1.29 is 27.0 Å². The fraction of sp³-hybridized carbons (Fsp3) is 0.184. The Morgan fingerprint density at radius 3 is 1.28 bits per heavy atom. The summed E-state index contributed by atoms with van der Waals surface area (Å²) in [6, 6.07) is 37.9. The largest absolute Gasteiger partial charge is 0.508 e. The van der Waals surface area contributed by atoms with Gasteiger partial charge in [0.1, 0.15) is 23.0 Å². The predicted molar refractivity (Wildman–Crippen MR) is 232 cm³/mol. The second kappa shape index (κ2) is 13.6. The molecule has 0 fully saturated rings. The van der Waals surface area contributed by atoms with E-state index < -0.39 is 32.1 Å². The number of aromatic hydroxyl groups is 2. The number of aromatic amines is 4. The van der Waals surface area contributed by atoms with Gasteiger partial charge in [-0.25, -0.2) is 0 Å². The van der Waals surface area contributed by atoms with Crippen molar-refractivity contribution in [1.82, 2.24) is 19.9 Å². The lowest BCUT2D eigenvalue weighted by atomic mass is 9.76. The maximum atomic E-state index is 13.6. The van der Waals surface area contributed by atoms with Crippen molar-refractivity contribution >= 4 is 10.4 Å². The Balaban J connectivity index is 1.41. The van der Waals surface area contributed by atoms with Crippen molar-refractivity contribution in [2.75, 3.05) is 0 Å². The smallest absolute Gasteiger partial charge is 0.500 e. The zero-order valence-corrected chi connectivity index (χ0v) is 34.7. The van der Waals surface area contributed by atoms with Gasteiger partial charge in [-0.2, -0.15) is 0 Å². The lowest BCUT2D eigenvalue weighted by Crippen LogP contribution is -2.32. The van der Waals surface area contributed by atoms with E-state index in [-0.39, 0.29) is 23.0 Å². The zero-order chi connectivity index (χ0) is 42.2. The average molecular weight is 819 g/mol. The van der Waals surface area contributed by atoms with Crippen LogP contribution in [0.25, 0.3) is 0 Å². The molecule has 7 aromatic rings. The number of allylic oxidation sites excluding steroid dienone is 4. The fourth-order valence-electron chi connectivity index (χ4n) is 9.10. The molecule has 12 bridgehead atoms. The molecule has 0 saturated heterocycles. The third kappa shape index (κ3) is 5.86. The van der Waals surface area contributed by atoms with Crippen LogP contribution in [0.5, 0.6) is 17.2 Å². The summed E-state index contributed by atoms with van der Waals surface area (Å²) in [6.07, 6.45) is 4.86. The Hall–Kier alpha value is -6.85. The van der Waals surface area contributed by atoms with Crippen molar-refractivity contribution in [2.24, 2.45) is 0 Å². The third-order valence-corrected chi connectivity index (χ3v) is 13.8. The van der Waals surface area contributed by atoms with Crippen LogP contribution in [0.15, 0.2) is 157 Å². The minimum atomic E-state index is -4.62. The van der Waals surface area contributed by atoms with E-state index in [2.05, 4.69) is 71.6 Å². The average Bonchev–Trinajstić information content (AvgIpc) is 4.07. The number of aromatic nitrogens is 4. The molecule has 60 heavy (non-hydrogen) atoms. The number of phenolic OH excluding ortho intramolecular Hbond substituents is 2. The summed E-state index contributed by atoms with van der Waals surface area (Å²) in [5.74, 6) is 0.359. The molecule has 0 saturated carbocycles. The zero-order valence-electron chi connectivity index (χ0n) is 33.9. The SMILES string of the molecule is C=C1/C=C(\C=C/C)OS(=O)(=O)Oc2cccc(c2)[C@]2(C)c3ccc([nH]3)[C@@]1(C)c1ccc([nH]1)[C@](C)(c1cccc(O)c1)c1ccc([nH]1)[C@](C)(c1cccc(O)c1)c1ccc2[nH]1. The van der Waals surface area contributed by atoms with Gasteiger partial charge in [0.2, 0.25) is 0 Å². The maximum Gasteiger partial charge on any atom is 0.500 e. The Bertz CT molecular complexity index is 3000. The van der Waals surface area contributed by atoms with Gasteiger partial charge in [-0.05, 0) is 154 Å². The molecule has 4 atom stereocenters. The molecule has 4 aromatic heterocycles. The summed E-state index contributed by atoms with van der Waals surface area (Å²) in [4.78, 5) is 15.3. The first-order chi connectivity index (χ1) is 28.6. The van der Waals surface area contributed by atoms with Gasteiger partial charge in [0.05, 0.1) is 21.7 Å². The molecule has 2 aliphatic rings. The van der Waals surface area contributed by atoms with Crippen molar-refractivity contribution in [3.63, 3.8) is 0 Å². The molecule has 6 heterocycles. The molecule has 6 N–H and O–H groups in total. The maximum absolute atomic E-state index is 13.6. The van der Waals surface area contributed by atoms with Crippen LogP contribution in [0.3, 0.4) is 0 Å². The van der Waals surface area contributed by atoms with Crippen molar-refractivity contribution in [3.05, 3.63) is 220 Å². The molecular formula is C49H46N4O6S. The molecule has 11 heteroatoms. The minimum Gasteiger partial charge on any atom is -0.508 e. The Morgan fingerprint density at radius 2 is 0.900 bits per heavy atom. The molecule has 0 unspecified atom stereocenters. The highest BCUT2D eigenvalue weighted by atomic mass is 32.3. The minimum absolute atomic E-state index is 0.0182. The first-order valence-corrected chi connectivity index (χ1v) is 21.1. The van der Waals surface area contributed by atoms with E-state index in [1.54, 1.807) is 67.6 Å². The lowest BCUT2D eigenvalue weighted by molar-refractivity contribution is 0.345. The molecule has 0 spiro atoms. The van der Waals surface area contributed by atoms with Gasteiger partial charge < -0.3 is 38.5 Å². The Labute approximate surface area is 349 Å². The summed E-state index contributed by atoms with van der Waals surface area (Å²) < 4.78 is 38.6. The molecule has 304 valence electrons. The second-order valence-corrected chi connectivity index (χ2v) is 17.6. The molecule has 0 radical (unpaired) electrons. The van der Waals surface area contributed by atoms with Gasteiger partial charge in [-0.1, -0.05) is 49.1 Å². The van der Waals surface area contributed by atoms with Crippen LogP contribution in [0.4, 0.5) is 0 Å². The number of nitrogens with one attached hydrogen (secondary N) is 4. The molecule has 2 aliphatic heterocycles. The lowest BCUT2D eigenvalue weighted by Gasteiger charge is -2.34. The second-order valence-electron chi connectivity index (χ2n) is 16.4. The van der Waals surface area contributed by atoms with Crippen molar-refractivity contribution in [2.45, 2.75) is 56.3 Å². The van der Waals surface area contributed by atoms with Crippen molar-refractivity contribution in [1.29, 1.82) is 0 Å². The van der Waals surface area contributed by atoms with E-state index in [1.807, 2.05) is 61.5 Å². The van der Waals surface area contributed by atoms with E-state index >= 15 is 0 Å². The monoisotopic (exact) mass is 818 g/mol. The normalized spacial score (nSPS) is 25.6. The number of fused-ring (bicyclic) bond motifs is 11. The van der Waals surface area contributed by atoms with E-state index in [9.17, 15) is 18.6 Å². The standard InChI is InChI=1S/C49H46N4O6S/c1-7-11-36-26-30(2)46(3)38-18-20-40(50-38)47(4,31-12-8-15-34(54)27-31)41-22-23-42(52-41)48(5,32-13-9-16-35(55)28-32)43-24-25-45(53-43)49(6,44-21-19-39(46)51-44)33-14-10-17-37(29-33)59-60(56,57)58-36/h7-29,50-55H,2H2,1,3-6H3/b11-7-,36-26+/t46-,47+,48+,49-/m1/s1. The first kappa shape index (κ1) is 38.7. The number of benzene rings is 3. The van der Waals surface area contributed by atoms with Gasteiger partial charge in [0.15, 0.2) is 0 Å². The molecule has 3 aromatic carbocycles. The third-order valence-electron chi connectivity index (χ3n) is 13.0. The Kier molecular flexibility index (Phi) is 8.76. The van der Waals surface area contributed by atoms with E-state index in [4.69, 9.17) is 8.37 Å². The number of phenols is 2. The quantitative estimate of drug-likeness (QED) is 0.104. The predicted octanol–water partition coefficient (Wildman–Crippen LogP) is 9.76. The van der Waals surface area contributed by atoms with E-state index in [0.29, 0.717) is 5.57 Å². The van der Waals surface area contributed by atoms with Gasteiger partial charge in [0.25, 0.3) is 0 Å². The number of hydrogen-bond donors (Lipinski definition) is 6. The topological polar surface area (TPSA) is 156 Å². The van der Waals surface area contributed by atoms with Crippen molar-refractivity contribution in [3.8, 4) is 17.2 Å². The summed E-state index contributed by atoms with van der Waals surface area (Å²) in [7, 11) is -4.62. The van der Waals surface area contributed by atoms with Gasteiger partial charge in [-0.3, -0.25) is 0 Å². The first-order valence-electron chi connectivity index (χ1n) is 19.8.